The van der Waals surface area contributed by atoms with Crippen molar-refractivity contribution in [1.29, 1.82) is 0 Å². The average molecular weight is 296 g/mol. The van der Waals surface area contributed by atoms with E-state index in [-0.39, 0.29) is 11.4 Å². The maximum Gasteiger partial charge on any atom is 0.222 e. The first kappa shape index (κ1) is 14.4. The fourth-order valence-electron chi connectivity index (χ4n) is 2.68. The number of nitrogen functional groups attached to an aromatic ring is 2. The van der Waals surface area contributed by atoms with Gasteiger partial charge in [-0.1, -0.05) is 24.3 Å². The summed E-state index contributed by atoms with van der Waals surface area (Å²) >= 11 is 0. The average Bonchev–Trinajstić information content (AvgIpc) is 3.27. The molecule has 2 aromatic rings. The van der Waals surface area contributed by atoms with E-state index in [1.54, 1.807) is 7.11 Å². The highest BCUT2D eigenvalue weighted by Crippen LogP contribution is 2.50. The van der Waals surface area contributed by atoms with Gasteiger partial charge in [-0.15, -0.1) is 0 Å². The molecule has 1 heterocycles. The number of anilines is 2. The minimum atomic E-state index is 0.0898. The number of nitrogens with zero attached hydrogens (tertiary/aromatic N) is 2. The lowest BCUT2D eigenvalue weighted by molar-refractivity contribution is 0.414. The molecule has 1 aliphatic carbocycles. The molecule has 0 saturated heterocycles. The van der Waals surface area contributed by atoms with Gasteiger partial charge in [-0.3, -0.25) is 0 Å². The standard InChI is InChI=1S/C17H20N4O/c1-11-14(15(18)21-16(19)20-11)7-8-17(9-10-17)12-3-5-13(22-2)6-4-12/h3-8H,9-10H2,1-2H3,(H4,18,19,20,21). The fraction of sp³-hybridized carbons (Fsp3) is 0.294. The van der Waals surface area contributed by atoms with E-state index in [9.17, 15) is 0 Å². The molecular formula is C17H20N4O. The minimum Gasteiger partial charge on any atom is -0.497 e. The third-order valence-electron chi connectivity index (χ3n) is 4.21. The number of rotatable bonds is 4. The predicted octanol–water partition coefficient (Wildman–Crippen LogP) is 2.70. The third-order valence-corrected chi connectivity index (χ3v) is 4.21. The van der Waals surface area contributed by atoms with Crippen LogP contribution >= 0.6 is 0 Å². The highest BCUT2D eigenvalue weighted by atomic mass is 16.5. The zero-order valence-corrected chi connectivity index (χ0v) is 12.8. The van der Waals surface area contributed by atoms with E-state index in [0.717, 1.165) is 29.8 Å². The summed E-state index contributed by atoms with van der Waals surface area (Å²) in [6.07, 6.45) is 6.48. The van der Waals surface area contributed by atoms with Gasteiger partial charge in [0, 0.05) is 11.0 Å². The van der Waals surface area contributed by atoms with Gasteiger partial charge in [0.1, 0.15) is 11.6 Å². The number of hydrogen-bond donors (Lipinski definition) is 2. The van der Waals surface area contributed by atoms with Crippen molar-refractivity contribution >= 4 is 17.8 Å². The monoisotopic (exact) mass is 296 g/mol. The van der Waals surface area contributed by atoms with Crippen LogP contribution in [0.4, 0.5) is 11.8 Å². The maximum atomic E-state index is 5.95. The topological polar surface area (TPSA) is 87.0 Å². The Bertz CT molecular complexity index is 695. The lowest BCUT2D eigenvalue weighted by Gasteiger charge is -2.12. The highest BCUT2D eigenvalue weighted by molar-refractivity contribution is 5.66. The molecule has 1 fully saturated rings. The van der Waals surface area contributed by atoms with E-state index in [1.807, 2.05) is 25.1 Å². The Morgan fingerprint density at radius 3 is 2.36 bits per heavy atom. The molecule has 22 heavy (non-hydrogen) atoms. The quantitative estimate of drug-likeness (QED) is 0.905. The summed E-state index contributed by atoms with van der Waals surface area (Å²) < 4.78 is 5.21. The van der Waals surface area contributed by atoms with Crippen molar-refractivity contribution in [3.05, 3.63) is 47.2 Å². The molecule has 4 N–H and O–H groups in total. The second-order valence-electron chi connectivity index (χ2n) is 5.68. The number of aromatic nitrogens is 2. The Balaban J connectivity index is 1.88. The van der Waals surface area contributed by atoms with E-state index in [1.165, 1.54) is 5.56 Å². The smallest absolute Gasteiger partial charge is 0.222 e. The Morgan fingerprint density at radius 1 is 1.14 bits per heavy atom. The van der Waals surface area contributed by atoms with Gasteiger partial charge >= 0.3 is 0 Å². The third kappa shape index (κ3) is 2.62. The van der Waals surface area contributed by atoms with Gasteiger partial charge in [0.15, 0.2) is 0 Å². The second kappa shape index (κ2) is 5.33. The molecule has 3 rings (SSSR count). The molecule has 1 aromatic heterocycles. The van der Waals surface area contributed by atoms with Crippen LogP contribution in [0.2, 0.25) is 0 Å². The summed E-state index contributed by atoms with van der Waals surface area (Å²) in [5.74, 6) is 1.51. The van der Waals surface area contributed by atoms with Crippen LogP contribution in [0.15, 0.2) is 30.3 Å². The summed E-state index contributed by atoms with van der Waals surface area (Å²) in [5, 5.41) is 0. The number of ether oxygens (including phenoxy) is 1. The molecule has 1 aliphatic rings. The van der Waals surface area contributed by atoms with Crippen LogP contribution in [0.1, 0.15) is 29.7 Å². The van der Waals surface area contributed by atoms with Crippen molar-refractivity contribution in [1.82, 2.24) is 9.97 Å². The minimum absolute atomic E-state index is 0.0898. The summed E-state index contributed by atoms with van der Waals surface area (Å²) in [7, 11) is 1.68. The zero-order chi connectivity index (χ0) is 15.7. The molecule has 0 atom stereocenters. The normalized spacial score (nSPS) is 15.9. The van der Waals surface area contributed by atoms with Gasteiger partial charge in [-0.05, 0) is 37.5 Å². The Hall–Kier alpha value is -2.56. The molecule has 0 spiro atoms. The van der Waals surface area contributed by atoms with E-state index in [2.05, 4.69) is 28.2 Å². The number of benzene rings is 1. The molecule has 5 heteroatoms. The fourth-order valence-corrected chi connectivity index (χ4v) is 2.68. The van der Waals surface area contributed by atoms with Crippen LogP contribution in [-0.2, 0) is 5.41 Å². The van der Waals surface area contributed by atoms with Crippen molar-refractivity contribution in [2.24, 2.45) is 0 Å². The van der Waals surface area contributed by atoms with Gasteiger partial charge in [-0.25, -0.2) is 4.98 Å². The largest absolute Gasteiger partial charge is 0.497 e. The van der Waals surface area contributed by atoms with Crippen molar-refractivity contribution in [3.8, 4) is 5.75 Å². The van der Waals surface area contributed by atoms with E-state index in [0.29, 0.717) is 5.82 Å². The molecule has 0 aliphatic heterocycles. The van der Waals surface area contributed by atoms with Crippen LogP contribution < -0.4 is 16.2 Å². The molecular weight excluding hydrogens is 276 g/mol. The van der Waals surface area contributed by atoms with E-state index >= 15 is 0 Å². The van der Waals surface area contributed by atoms with Crippen LogP contribution in [0.5, 0.6) is 5.75 Å². The lowest BCUT2D eigenvalue weighted by Crippen LogP contribution is -2.05. The van der Waals surface area contributed by atoms with E-state index in [4.69, 9.17) is 16.2 Å². The predicted molar refractivity (Wildman–Crippen MR) is 88.5 cm³/mol. The zero-order valence-electron chi connectivity index (χ0n) is 12.8. The molecule has 114 valence electrons. The first-order valence-corrected chi connectivity index (χ1v) is 7.27. The van der Waals surface area contributed by atoms with Gasteiger partial charge in [-0.2, -0.15) is 4.98 Å². The SMILES string of the molecule is COc1ccc(C2(C=Cc3c(C)nc(N)nc3N)CC2)cc1. The van der Waals surface area contributed by atoms with Crippen molar-refractivity contribution in [2.45, 2.75) is 25.2 Å². The Morgan fingerprint density at radius 2 is 1.82 bits per heavy atom. The van der Waals surface area contributed by atoms with Crippen molar-refractivity contribution < 1.29 is 4.74 Å². The molecule has 5 nitrogen and oxygen atoms in total. The molecule has 0 bridgehead atoms. The highest BCUT2D eigenvalue weighted by Gasteiger charge is 2.41. The van der Waals surface area contributed by atoms with Crippen LogP contribution in [0, 0.1) is 6.92 Å². The summed E-state index contributed by atoms with van der Waals surface area (Å²) in [5.41, 5.74) is 14.6. The second-order valence-corrected chi connectivity index (χ2v) is 5.68. The Kier molecular flexibility index (Phi) is 3.48. The first-order chi connectivity index (χ1) is 10.5. The van der Waals surface area contributed by atoms with Crippen LogP contribution in [0.3, 0.4) is 0 Å². The van der Waals surface area contributed by atoms with E-state index < -0.39 is 0 Å². The van der Waals surface area contributed by atoms with Crippen LogP contribution in [-0.4, -0.2) is 17.1 Å². The number of allylic oxidation sites excluding steroid dienone is 1. The van der Waals surface area contributed by atoms with Crippen molar-refractivity contribution in [3.63, 3.8) is 0 Å². The summed E-state index contributed by atoms with van der Waals surface area (Å²) in [6.45, 7) is 1.89. The molecule has 1 aromatic carbocycles. The Labute approximate surface area is 130 Å². The number of hydrogen-bond acceptors (Lipinski definition) is 5. The molecule has 0 unspecified atom stereocenters. The van der Waals surface area contributed by atoms with Crippen LogP contribution in [0.25, 0.3) is 6.08 Å². The number of nitrogens with two attached hydrogens (primary N) is 2. The maximum absolute atomic E-state index is 5.95. The number of methoxy groups -OCH3 is 1. The molecule has 0 radical (unpaired) electrons. The number of aryl methyl sites for hydroxylation is 1. The lowest BCUT2D eigenvalue weighted by atomic mass is 9.94. The van der Waals surface area contributed by atoms with Gasteiger partial charge < -0.3 is 16.2 Å². The summed E-state index contributed by atoms with van der Waals surface area (Å²) in [6, 6.07) is 8.22. The van der Waals surface area contributed by atoms with Gasteiger partial charge in [0.05, 0.1) is 12.8 Å². The van der Waals surface area contributed by atoms with Gasteiger partial charge in [0.2, 0.25) is 5.95 Å². The molecule has 0 amide bonds. The van der Waals surface area contributed by atoms with Gasteiger partial charge in [0.25, 0.3) is 0 Å². The summed E-state index contributed by atoms with van der Waals surface area (Å²) in [4.78, 5) is 8.20. The first-order valence-electron chi connectivity index (χ1n) is 7.27. The van der Waals surface area contributed by atoms with Crippen molar-refractivity contribution in [2.75, 3.05) is 18.6 Å². The molecule has 1 saturated carbocycles.